The third-order valence-electron chi connectivity index (χ3n) is 2.49. The van der Waals surface area contributed by atoms with E-state index in [0.717, 1.165) is 6.07 Å². The number of hydrogen-bond acceptors (Lipinski definition) is 4. The van der Waals surface area contributed by atoms with Gasteiger partial charge in [0.25, 0.3) is 15.0 Å². The van der Waals surface area contributed by atoms with E-state index in [-0.39, 0.29) is 20.5 Å². The van der Waals surface area contributed by atoms with Crippen LogP contribution in [0.3, 0.4) is 0 Å². The number of likely N-dealkylation sites (N-methyl/N-ethyl adjacent to an activating group) is 1. The molecule has 0 atom stereocenters. The summed E-state index contributed by atoms with van der Waals surface area (Å²) >= 11 is 11.7. The highest BCUT2D eigenvalue weighted by molar-refractivity contribution is 8.13. The Hall–Kier alpha value is -0.530. The number of carbonyl (C=O) groups excluding carboxylic acids is 1. The molecular formula is C11H12Cl3NO4S. The highest BCUT2D eigenvalue weighted by atomic mass is 35.7. The molecule has 1 rings (SSSR count). The van der Waals surface area contributed by atoms with Crippen LogP contribution in [0.4, 0.5) is 0 Å². The molecule has 0 aromatic heterocycles. The lowest BCUT2D eigenvalue weighted by molar-refractivity contribution is 0.0744. The first-order valence-electron chi connectivity index (χ1n) is 5.36. The van der Waals surface area contributed by atoms with Crippen molar-refractivity contribution < 1.29 is 17.9 Å². The first kappa shape index (κ1) is 17.5. The molecule has 0 aliphatic carbocycles. The molecule has 0 N–H and O–H groups in total. The van der Waals surface area contributed by atoms with Crippen LogP contribution in [0, 0.1) is 0 Å². The van der Waals surface area contributed by atoms with Crippen LogP contribution in [0.1, 0.15) is 10.4 Å². The van der Waals surface area contributed by atoms with Gasteiger partial charge in [0.15, 0.2) is 0 Å². The molecule has 20 heavy (non-hydrogen) atoms. The third-order valence-corrected chi connectivity index (χ3v) is 4.59. The molecule has 0 fully saturated rings. The van der Waals surface area contributed by atoms with Gasteiger partial charge in [-0.1, -0.05) is 23.2 Å². The van der Waals surface area contributed by atoms with Gasteiger partial charge in [0.05, 0.1) is 22.2 Å². The number of amides is 1. The Morgan fingerprint density at radius 2 is 1.90 bits per heavy atom. The van der Waals surface area contributed by atoms with Gasteiger partial charge in [-0.25, -0.2) is 8.42 Å². The van der Waals surface area contributed by atoms with E-state index >= 15 is 0 Å². The maximum atomic E-state index is 12.2. The van der Waals surface area contributed by atoms with Crippen LogP contribution >= 0.6 is 33.9 Å². The van der Waals surface area contributed by atoms with Gasteiger partial charge in [0, 0.05) is 31.4 Å². The van der Waals surface area contributed by atoms with Crippen LogP contribution in [0.5, 0.6) is 0 Å². The summed E-state index contributed by atoms with van der Waals surface area (Å²) < 4.78 is 27.6. The van der Waals surface area contributed by atoms with Crippen molar-refractivity contribution in [2.75, 3.05) is 27.3 Å². The van der Waals surface area contributed by atoms with E-state index in [1.807, 2.05) is 0 Å². The van der Waals surface area contributed by atoms with Crippen molar-refractivity contribution >= 4 is 48.8 Å². The number of nitrogens with zero attached hydrogens (tertiary/aromatic N) is 1. The lowest BCUT2D eigenvalue weighted by Gasteiger charge is -2.18. The SMILES string of the molecule is COCCN(C)C(=O)c1cc(S(=O)(=O)Cl)c(Cl)cc1Cl. The van der Waals surface area contributed by atoms with Crippen LogP contribution in [0.25, 0.3) is 0 Å². The molecule has 0 heterocycles. The molecule has 112 valence electrons. The second kappa shape index (κ2) is 6.95. The second-order valence-electron chi connectivity index (χ2n) is 3.92. The normalized spacial score (nSPS) is 11.4. The molecule has 1 amide bonds. The molecule has 0 unspecified atom stereocenters. The van der Waals surface area contributed by atoms with Crippen LogP contribution in [-0.4, -0.2) is 46.5 Å². The van der Waals surface area contributed by atoms with Gasteiger partial charge in [-0.3, -0.25) is 4.79 Å². The maximum Gasteiger partial charge on any atom is 0.262 e. The van der Waals surface area contributed by atoms with Crippen molar-refractivity contribution in [1.29, 1.82) is 0 Å². The predicted octanol–water partition coefficient (Wildman–Crippen LogP) is 2.64. The molecule has 0 saturated heterocycles. The van der Waals surface area contributed by atoms with E-state index in [9.17, 15) is 13.2 Å². The summed E-state index contributed by atoms with van der Waals surface area (Å²) in [5.41, 5.74) is 0.00824. The van der Waals surface area contributed by atoms with E-state index in [1.54, 1.807) is 7.05 Å². The van der Waals surface area contributed by atoms with Gasteiger partial charge >= 0.3 is 0 Å². The van der Waals surface area contributed by atoms with E-state index in [0.29, 0.717) is 13.2 Å². The minimum Gasteiger partial charge on any atom is -0.383 e. The number of benzene rings is 1. The van der Waals surface area contributed by atoms with E-state index < -0.39 is 15.0 Å². The first-order chi connectivity index (χ1) is 9.18. The van der Waals surface area contributed by atoms with Gasteiger partial charge in [0.1, 0.15) is 4.90 Å². The smallest absolute Gasteiger partial charge is 0.262 e. The number of rotatable bonds is 5. The summed E-state index contributed by atoms with van der Waals surface area (Å²) in [6.45, 7) is 0.672. The molecule has 0 saturated carbocycles. The molecule has 5 nitrogen and oxygen atoms in total. The molecule has 1 aromatic rings. The number of ether oxygens (including phenoxy) is 1. The van der Waals surface area contributed by atoms with Crippen LogP contribution < -0.4 is 0 Å². The van der Waals surface area contributed by atoms with E-state index in [2.05, 4.69) is 0 Å². The second-order valence-corrected chi connectivity index (χ2v) is 7.27. The van der Waals surface area contributed by atoms with Gasteiger partial charge < -0.3 is 9.64 Å². The molecule has 1 aromatic carbocycles. The van der Waals surface area contributed by atoms with Gasteiger partial charge in [-0.2, -0.15) is 0 Å². The van der Waals surface area contributed by atoms with Gasteiger partial charge in [-0.05, 0) is 12.1 Å². The van der Waals surface area contributed by atoms with Crippen LogP contribution in [0.15, 0.2) is 17.0 Å². The average Bonchev–Trinajstić information content (AvgIpc) is 2.33. The summed E-state index contributed by atoms with van der Waals surface area (Å²) in [7, 11) is 4.24. The molecule has 0 bridgehead atoms. The molecule has 0 spiro atoms. The standard InChI is InChI=1S/C11H12Cl3NO4S/c1-15(3-4-19-2)11(16)7-5-10(20(14,17)18)9(13)6-8(7)12/h5-6H,3-4H2,1-2H3. The number of methoxy groups -OCH3 is 1. The zero-order valence-corrected chi connectivity index (χ0v) is 13.8. The number of hydrogen-bond donors (Lipinski definition) is 0. The van der Waals surface area contributed by atoms with Gasteiger partial charge in [0.2, 0.25) is 0 Å². The predicted molar refractivity (Wildman–Crippen MR) is 78.3 cm³/mol. The van der Waals surface area contributed by atoms with Crippen LogP contribution in [0.2, 0.25) is 10.0 Å². The van der Waals surface area contributed by atoms with Gasteiger partial charge in [-0.15, -0.1) is 0 Å². The molecule has 0 aliphatic heterocycles. The van der Waals surface area contributed by atoms with E-state index in [4.69, 9.17) is 38.6 Å². The monoisotopic (exact) mass is 359 g/mol. The quantitative estimate of drug-likeness (QED) is 0.757. The van der Waals surface area contributed by atoms with Crippen molar-refractivity contribution in [2.24, 2.45) is 0 Å². The minimum absolute atomic E-state index is 0.00824. The summed E-state index contributed by atoms with van der Waals surface area (Å²) in [4.78, 5) is 13.2. The van der Waals surface area contributed by atoms with Crippen molar-refractivity contribution in [2.45, 2.75) is 4.90 Å². The van der Waals surface area contributed by atoms with Crippen LogP contribution in [-0.2, 0) is 13.8 Å². The number of carbonyl (C=O) groups is 1. The summed E-state index contributed by atoms with van der Waals surface area (Å²) in [5, 5.41) is -0.0885. The molecule has 0 radical (unpaired) electrons. The topological polar surface area (TPSA) is 63.7 Å². The number of halogens is 3. The minimum atomic E-state index is -4.06. The summed E-state index contributed by atoms with van der Waals surface area (Å²) in [5.74, 6) is -0.453. The average molecular weight is 361 g/mol. The van der Waals surface area contributed by atoms with E-state index in [1.165, 1.54) is 18.1 Å². The summed E-state index contributed by atoms with van der Waals surface area (Å²) in [6, 6.07) is 2.24. The Morgan fingerprint density at radius 1 is 1.30 bits per heavy atom. The Bertz CT molecular complexity index is 618. The van der Waals surface area contributed by atoms with Crippen molar-refractivity contribution in [1.82, 2.24) is 4.90 Å². The highest BCUT2D eigenvalue weighted by Gasteiger charge is 2.22. The fourth-order valence-electron chi connectivity index (χ4n) is 1.42. The molecule has 9 heteroatoms. The lowest BCUT2D eigenvalue weighted by Crippen LogP contribution is -2.30. The maximum absolute atomic E-state index is 12.2. The fraction of sp³-hybridized carbons (Fsp3) is 0.364. The lowest BCUT2D eigenvalue weighted by atomic mass is 10.2. The van der Waals surface area contributed by atoms with Crippen molar-refractivity contribution in [3.63, 3.8) is 0 Å². The third kappa shape index (κ3) is 4.23. The first-order valence-corrected chi connectivity index (χ1v) is 8.43. The van der Waals surface area contributed by atoms with Crippen molar-refractivity contribution in [3.05, 3.63) is 27.7 Å². The zero-order chi connectivity index (χ0) is 15.5. The Morgan fingerprint density at radius 3 is 2.40 bits per heavy atom. The fourth-order valence-corrected chi connectivity index (χ4v) is 3.24. The largest absolute Gasteiger partial charge is 0.383 e. The molecule has 0 aliphatic rings. The highest BCUT2D eigenvalue weighted by Crippen LogP contribution is 2.31. The summed E-state index contributed by atoms with van der Waals surface area (Å²) in [6.07, 6.45) is 0. The molecular weight excluding hydrogens is 349 g/mol. The van der Waals surface area contributed by atoms with Crippen molar-refractivity contribution in [3.8, 4) is 0 Å². The zero-order valence-electron chi connectivity index (χ0n) is 10.7. The Balaban J connectivity index is 3.22. The Kier molecular flexibility index (Phi) is 6.09. The Labute approximate surface area is 131 Å².